The fourth-order valence-corrected chi connectivity index (χ4v) is 2.45. The van der Waals surface area contributed by atoms with Gasteiger partial charge in [-0.05, 0) is 43.7 Å². The first-order valence-corrected chi connectivity index (χ1v) is 7.04. The summed E-state index contributed by atoms with van der Waals surface area (Å²) in [5, 5.41) is 2.92. The maximum Gasteiger partial charge on any atom is 0.326 e. The molecule has 21 heavy (non-hydrogen) atoms. The van der Waals surface area contributed by atoms with Crippen LogP contribution < -0.4 is 15.0 Å². The van der Waals surface area contributed by atoms with E-state index in [1.165, 1.54) is 0 Å². The standard InChI is InChI=1S/C17H18N2O2/c1-12-8-9-16-15(10-12)19(11-13(2)21-16)17(20)18-14-6-4-3-5-7-14/h3-10,13H,11H2,1-2H3,(H,18,20). The summed E-state index contributed by atoms with van der Waals surface area (Å²) < 4.78 is 5.80. The minimum absolute atomic E-state index is 0.0262. The van der Waals surface area contributed by atoms with Crippen LogP contribution in [0, 0.1) is 6.92 Å². The number of rotatable bonds is 1. The number of carbonyl (C=O) groups excluding carboxylic acids is 1. The second-order valence-electron chi connectivity index (χ2n) is 5.31. The van der Waals surface area contributed by atoms with Crippen molar-refractivity contribution < 1.29 is 9.53 Å². The molecule has 1 aliphatic rings. The van der Waals surface area contributed by atoms with E-state index in [1.807, 2.05) is 62.4 Å². The van der Waals surface area contributed by atoms with Crippen molar-refractivity contribution in [1.29, 1.82) is 0 Å². The number of fused-ring (bicyclic) bond motifs is 1. The molecule has 1 unspecified atom stereocenters. The SMILES string of the molecule is Cc1ccc2c(c1)N(C(=O)Nc1ccccc1)CC(C)O2. The number of hydrogen-bond donors (Lipinski definition) is 1. The Labute approximate surface area is 124 Å². The smallest absolute Gasteiger partial charge is 0.326 e. The summed E-state index contributed by atoms with van der Waals surface area (Å²) in [5.74, 6) is 0.752. The number of benzene rings is 2. The summed E-state index contributed by atoms with van der Waals surface area (Å²) in [5.41, 5.74) is 2.71. The molecule has 0 bridgehead atoms. The predicted octanol–water partition coefficient (Wildman–Crippen LogP) is 3.81. The molecular formula is C17H18N2O2. The highest BCUT2D eigenvalue weighted by Crippen LogP contribution is 2.34. The van der Waals surface area contributed by atoms with Gasteiger partial charge in [-0.1, -0.05) is 24.3 Å². The number of para-hydroxylation sites is 1. The van der Waals surface area contributed by atoms with Crippen LogP contribution in [0.2, 0.25) is 0 Å². The average molecular weight is 282 g/mol. The van der Waals surface area contributed by atoms with Crippen LogP contribution in [0.1, 0.15) is 12.5 Å². The van der Waals surface area contributed by atoms with Crippen LogP contribution >= 0.6 is 0 Å². The molecule has 2 amide bonds. The molecule has 0 fully saturated rings. The van der Waals surface area contributed by atoms with Crippen molar-refractivity contribution >= 4 is 17.4 Å². The number of nitrogens with one attached hydrogen (secondary N) is 1. The first-order valence-electron chi connectivity index (χ1n) is 7.04. The lowest BCUT2D eigenvalue weighted by Gasteiger charge is -2.33. The zero-order valence-corrected chi connectivity index (χ0v) is 12.2. The van der Waals surface area contributed by atoms with Crippen molar-refractivity contribution in [3.63, 3.8) is 0 Å². The number of amides is 2. The highest BCUT2D eigenvalue weighted by Gasteiger charge is 2.27. The van der Waals surface area contributed by atoms with E-state index in [4.69, 9.17) is 4.74 Å². The maximum atomic E-state index is 12.5. The van der Waals surface area contributed by atoms with Gasteiger partial charge < -0.3 is 10.1 Å². The Morgan fingerprint density at radius 3 is 2.76 bits per heavy atom. The molecule has 1 atom stereocenters. The number of nitrogens with zero attached hydrogens (tertiary/aromatic N) is 1. The Balaban J connectivity index is 1.88. The predicted molar refractivity (Wildman–Crippen MR) is 84.1 cm³/mol. The van der Waals surface area contributed by atoms with Gasteiger partial charge in [0, 0.05) is 5.69 Å². The molecule has 4 nitrogen and oxygen atoms in total. The highest BCUT2D eigenvalue weighted by molar-refractivity contribution is 6.03. The van der Waals surface area contributed by atoms with Crippen LogP contribution in [0.5, 0.6) is 5.75 Å². The molecule has 1 aliphatic heterocycles. The lowest BCUT2D eigenvalue weighted by molar-refractivity contribution is 0.208. The largest absolute Gasteiger partial charge is 0.487 e. The number of aryl methyl sites for hydroxylation is 1. The monoisotopic (exact) mass is 282 g/mol. The lowest BCUT2D eigenvalue weighted by atomic mass is 10.1. The fourth-order valence-electron chi connectivity index (χ4n) is 2.45. The van der Waals surface area contributed by atoms with Gasteiger partial charge in [0.1, 0.15) is 11.9 Å². The van der Waals surface area contributed by atoms with Crippen molar-refractivity contribution in [2.75, 3.05) is 16.8 Å². The Morgan fingerprint density at radius 1 is 1.24 bits per heavy atom. The minimum atomic E-state index is -0.136. The molecule has 3 rings (SSSR count). The van der Waals surface area contributed by atoms with Crippen molar-refractivity contribution in [1.82, 2.24) is 0 Å². The Kier molecular flexibility index (Phi) is 3.52. The molecule has 2 aromatic rings. The van der Waals surface area contributed by atoms with Crippen molar-refractivity contribution in [2.24, 2.45) is 0 Å². The number of anilines is 2. The fraction of sp³-hybridized carbons (Fsp3) is 0.235. The molecule has 0 radical (unpaired) electrons. The van der Waals surface area contributed by atoms with E-state index in [2.05, 4.69) is 5.32 Å². The minimum Gasteiger partial charge on any atom is -0.487 e. The van der Waals surface area contributed by atoms with Crippen molar-refractivity contribution in [3.8, 4) is 5.75 Å². The third kappa shape index (κ3) is 2.84. The van der Waals surface area contributed by atoms with E-state index < -0.39 is 0 Å². The summed E-state index contributed by atoms with van der Waals surface area (Å²) in [7, 11) is 0. The molecular weight excluding hydrogens is 264 g/mol. The number of urea groups is 1. The van der Waals surface area contributed by atoms with E-state index >= 15 is 0 Å². The van der Waals surface area contributed by atoms with Crippen LogP contribution in [0.4, 0.5) is 16.2 Å². The van der Waals surface area contributed by atoms with Gasteiger partial charge in [-0.2, -0.15) is 0 Å². The average Bonchev–Trinajstić information content (AvgIpc) is 2.48. The van der Waals surface area contributed by atoms with Gasteiger partial charge >= 0.3 is 6.03 Å². The van der Waals surface area contributed by atoms with Gasteiger partial charge in [-0.15, -0.1) is 0 Å². The zero-order valence-electron chi connectivity index (χ0n) is 12.2. The Hall–Kier alpha value is -2.49. The molecule has 108 valence electrons. The van der Waals surface area contributed by atoms with Gasteiger partial charge in [-0.25, -0.2) is 4.79 Å². The van der Waals surface area contributed by atoms with Gasteiger partial charge in [0.15, 0.2) is 0 Å². The van der Waals surface area contributed by atoms with Gasteiger partial charge in [0.2, 0.25) is 0 Å². The van der Waals surface area contributed by atoms with Gasteiger partial charge in [0.05, 0.1) is 12.2 Å². The van der Waals surface area contributed by atoms with Crippen LogP contribution in [-0.4, -0.2) is 18.7 Å². The quantitative estimate of drug-likeness (QED) is 0.864. The first-order chi connectivity index (χ1) is 10.1. The normalized spacial score (nSPS) is 16.9. The number of carbonyl (C=O) groups is 1. The zero-order chi connectivity index (χ0) is 14.8. The van der Waals surface area contributed by atoms with Gasteiger partial charge in [-0.3, -0.25) is 4.90 Å². The molecule has 0 saturated carbocycles. The van der Waals surface area contributed by atoms with E-state index in [-0.39, 0.29) is 12.1 Å². The third-order valence-corrected chi connectivity index (χ3v) is 3.44. The maximum absolute atomic E-state index is 12.5. The summed E-state index contributed by atoms with van der Waals surface area (Å²) in [6, 6.07) is 15.2. The van der Waals surface area contributed by atoms with Crippen LogP contribution in [0.25, 0.3) is 0 Å². The summed E-state index contributed by atoms with van der Waals surface area (Å²) in [6.07, 6.45) is -0.0262. The third-order valence-electron chi connectivity index (χ3n) is 3.44. The summed E-state index contributed by atoms with van der Waals surface area (Å²) >= 11 is 0. The second kappa shape index (κ2) is 5.48. The molecule has 2 aromatic carbocycles. The molecule has 4 heteroatoms. The second-order valence-corrected chi connectivity index (χ2v) is 5.31. The van der Waals surface area contributed by atoms with Crippen molar-refractivity contribution in [2.45, 2.75) is 20.0 Å². The Bertz CT molecular complexity index is 655. The molecule has 0 spiro atoms. The van der Waals surface area contributed by atoms with E-state index in [0.717, 1.165) is 22.7 Å². The lowest BCUT2D eigenvalue weighted by Crippen LogP contribution is -2.44. The number of ether oxygens (including phenoxy) is 1. The summed E-state index contributed by atoms with van der Waals surface area (Å²) in [4.78, 5) is 14.3. The topological polar surface area (TPSA) is 41.6 Å². The highest BCUT2D eigenvalue weighted by atomic mass is 16.5. The van der Waals surface area contributed by atoms with Crippen molar-refractivity contribution in [3.05, 3.63) is 54.1 Å². The van der Waals surface area contributed by atoms with Crippen LogP contribution in [-0.2, 0) is 0 Å². The van der Waals surface area contributed by atoms with Crippen LogP contribution in [0.15, 0.2) is 48.5 Å². The first kappa shape index (κ1) is 13.5. The number of hydrogen-bond acceptors (Lipinski definition) is 2. The summed E-state index contributed by atoms with van der Waals surface area (Å²) in [6.45, 7) is 4.51. The van der Waals surface area contributed by atoms with E-state index in [0.29, 0.717) is 6.54 Å². The van der Waals surface area contributed by atoms with Crippen LogP contribution in [0.3, 0.4) is 0 Å². The molecule has 1 heterocycles. The molecule has 1 N–H and O–H groups in total. The molecule has 0 aromatic heterocycles. The Morgan fingerprint density at radius 2 is 2.00 bits per heavy atom. The molecule has 0 saturated heterocycles. The van der Waals surface area contributed by atoms with E-state index in [1.54, 1.807) is 4.90 Å². The molecule has 0 aliphatic carbocycles. The van der Waals surface area contributed by atoms with E-state index in [9.17, 15) is 4.79 Å². The van der Waals surface area contributed by atoms with Gasteiger partial charge in [0.25, 0.3) is 0 Å².